The number of ether oxygens (including phenoxy) is 1. The minimum absolute atomic E-state index is 0.00185. The van der Waals surface area contributed by atoms with E-state index in [0.29, 0.717) is 10.8 Å². The molecule has 1 fully saturated rings. The molecular formula is C11H14N4O3S. The van der Waals surface area contributed by atoms with Gasteiger partial charge in [0, 0.05) is 12.5 Å². The summed E-state index contributed by atoms with van der Waals surface area (Å²) >= 11 is 1.38. The zero-order valence-corrected chi connectivity index (χ0v) is 11.2. The van der Waals surface area contributed by atoms with Gasteiger partial charge in [-0.3, -0.25) is 0 Å². The number of hydrogen-bond donors (Lipinski definition) is 1. The van der Waals surface area contributed by atoms with Crippen molar-refractivity contribution in [3.63, 3.8) is 0 Å². The topological polar surface area (TPSA) is 81.7 Å². The summed E-state index contributed by atoms with van der Waals surface area (Å²) in [6.45, 7) is 0. The predicted octanol–water partition coefficient (Wildman–Crippen LogP) is 2.28. The molecule has 0 bridgehead atoms. The van der Waals surface area contributed by atoms with E-state index in [1.54, 1.807) is 18.7 Å². The van der Waals surface area contributed by atoms with Gasteiger partial charge in [0.15, 0.2) is 0 Å². The molecule has 102 valence electrons. The van der Waals surface area contributed by atoms with Crippen LogP contribution < -0.4 is 5.32 Å². The molecule has 0 spiro atoms. The smallest absolute Gasteiger partial charge is 0.372 e. The molecule has 2 heterocycles. The normalized spacial score (nSPS) is 23.0. The molecule has 2 atom stereocenters. The number of aromatic nitrogens is 2. The maximum Gasteiger partial charge on any atom is 0.372 e. The van der Waals surface area contributed by atoms with E-state index in [4.69, 9.17) is 4.74 Å². The zero-order valence-electron chi connectivity index (χ0n) is 10.4. The molecule has 1 aliphatic rings. The Balaban J connectivity index is 1.93. The van der Waals surface area contributed by atoms with E-state index in [2.05, 4.69) is 10.3 Å². The van der Waals surface area contributed by atoms with Crippen LogP contribution >= 0.6 is 11.3 Å². The van der Waals surface area contributed by atoms with Gasteiger partial charge in [0.2, 0.25) is 5.82 Å². The van der Waals surface area contributed by atoms with E-state index in [-0.39, 0.29) is 18.0 Å². The summed E-state index contributed by atoms with van der Waals surface area (Å²) in [6, 6.07) is 0.0910. The third kappa shape index (κ3) is 2.06. The fourth-order valence-corrected chi connectivity index (χ4v) is 3.30. The fraction of sp³-hybridized carbons (Fsp3) is 0.545. The molecule has 2 aromatic rings. The van der Waals surface area contributed by atoms with Crippen molar-refractivity contribution in [3.05, 3.63) is 21.7 Å². The molecule has 19 heavy (non-hydrogen) atoms. The Bertz CT molecular complexity index is 608. The van der Waals surface area contributed by atoms with Crippen LogP contribution in [0.1, 0.15) is 19.3 Å². The van der Waals surface area contributed by atoms with Crippen LogP contribution in [0.5, 0.6) is 0 Å². The minimum Gasteiger partial charge on any atom is -0.379 e. The van der Waals surface area contributed by atoms with Crippen LogP contribution in [0.25, 0.3) is 4.96 Å². The average molecular weight is 282 g/mol. The molecule has 0 aromatic carbocycles. The number of imidazole rings is 1. The van der Waals surface area contributed by atoms with Gasteiger partial charge >= 0.3 is 5.82 Å². The second kappa shape index (κ2) is 4.78. The first-order valence-electron chi connectivity index (χ1n) is 6.10. The summed E-state index contributed by atoms with van der Waals surface area (Å²) in [6.07, 6.45) is 4.75. The lowest BCUT2D eigenvalue weighted by atomic mass is 10.2. The first-order valence-corrected chi connectivity index (χ1v) is 6.98. The van der Waals surface area contributed by atoms with Crippen LogP contribution in [0.4, 0.5) is 11.6 Å². The molecule has 1 aliphatic carbocycles. The van der Waals surface area contributed by atoms with Gasteiger partial charge in [-0.2, -0.15) is 9.38 Å². The van der Waals surface area contributed by atoms with Gasteiger partial charge in [-0.25, -0.2) is 0 Å². The monoisotopic (exact) mass is 282 g/mol. The van der Waals surface area contributed by atoms with Crippen molar-refractivity contribution in [3.8, 4) is 0 Å². The number of methoxy groups -OCH3 is 1. The molecule has 3 rings (SSSR count). The number of nitro groups is 1. The van der Waals surface area contributed by atoms with E-state index >= 15 is 0 Å². The van der Waals surface area contributed by atoms with Gasteiger partial charge in [-0.05, 0) is 24.2 Å². The number of nitrogens with zero attached hydrogens (tertiary/aromatic N) is 3. The van der Waals surface area contributed by atoms with Crippen molar-refractivity contribution >= 4 is 27.9 Å². The highest BCUT2D eigenvalue weighted by Gasteiger charge is 2.31. The maximum absolute atomic E-state index is 11.2. The van der Waals surface area contributed by atoms with Crippen LogP contribution in [-0.2, 0) is 4.74 Å². The van der Waals surface area contributed by atoms with Crippen LogP contribution in [0.3, 0.4) is 0 Å². The lowest BCUT2D eigenvalue weighted by molar-refractivity contribution is -0.389. The van der Waals surface area contributed by atoms with Crippen molar-refractivity contribution in [1.29, 1.82) is 0 Å². The predicted molar refractivity (Wildman–Crippen MR) is 71.8 cm³/mol. The molecule has 7 nitrogen and oxygen atoms in total. The fourth-order valence-electron chi connectivity index (χ4n) is 2.59. The van der Waals surface area contributed by atoms with Crippen LogP contribution in [0, 0.1) is 10.1 Å². The number of fused-ring (bicyclic) bond motifs is 1. The molecule has 1 saturated carbocycles. The van der Waals surface area contributed by atoms with Crippen LogP contribution in [0.15, 0.2) is 11.6 Å². The first kappa shape index (κ1) is 12.4. The van der Waals surface area contributed by atoms with Crippen molar-refractivity contribution in [2.45, 2.75) is 31.4 Å². The average Bonchev–Trinajstić information content (AvgIpc) is 3.03. The molecule has 8 heteroatoms. The number of anilines is 1. The molecular weight excluding hydrogens is 268 g/mol. The zero-order chi connectivity index (χ0) is 13.4. The van der Waals surface area contributed by atoms with E-state index in [1.165, 1.54) is 15.7 Å². The summed E-state index contributed by atoms with van der Waals surface area (Å²) in [7, 11) is 1.67. The summed E-state index contributed by atoms with van der Waals surface area (Å²) in [5.74, 6) is 0.337. The van der Waals surface area contributed by atoms with Gasteiger partial charge in [-0.15, -0.1) is 0 Å². The van der Waals surface area contributed by atoms with Crippen LogP contribution in [-0.4, -0.2) is 33.6 Å². The Hall–Kier alpha value is -1.67. The van der Waals surface area contributed by atoms with Crippen molar-refractivity contribution in [2.75, 3.05) is 12.4 Å². The summed E-state index contributed by atoms with van der Waals surface area (Å²) in [4.78, 5) is 15.7. The Kier molecular flexibility index (Phi) is 3.11. The van der Waals surface area contributed by atoms with Gasteiger partial charge in [0.05, 0.1) is 12.1 Å². The lowest BCUT2D eigenvalue weighted by Gasteiger charge is -2.18. The SMILES string of the molecule is COC1CCCC1Nc1nc2sccn2c1[N+](=O)[O-]. The van der Waals surface area contributed by atoms with Gasteiger partial charge < -0.3 is 20.2 Å². The number of hydrogen-bond acceptors (Lipinski definition) is 6. The van der Waals surface area contributed by atoms with E-state index in [0.717, 1.165) is 19.3 Å². The Morgan fingerprint density at radius 1 is 1.63 bits per heavy atom. The highest BCUT2D eigenvalue weighted by Crippen LogP contribution is 2.31. The molecule has 2 unspecified atom stereocenters. The first-order chi connectivity index (χ1) is 9.20. The standard InChI is InChI=1S/C11H14N4O3S/c1-18-8-4-2-3-7(8)12-9-10(15(16)17)14-5-6-19-11(14)13-9/h5-8,12H,2-4H2,1H3. The number of thiazole rings is 1. The van der Waals surface area contributed by atoms with Gasteiger partial charge in [-0.1, -0.05) is 11.3 Å². The Morgan fingerprint density at radius 2 is 2.47 bits per heavy atom. The summed E-state index contributed by atoms with van der Waals surface area (Å²) in [5.41, 5.74) is 0. The van der Waals surface area contributed by atoms with Gasteiger partial charge in [0.1, 0.15) is 6.20 Å². The van der Waals surface area contributed by atoms with Crippen LogP contribution in [0.2, 0.25) is 0 Å². The Labute approximate surface area is 113 Å². The second-order valence-corrected chi connectivity index (χ2v) is 5.43. The van der Waals surface area contributed by atoms with Crippen molar-refractivity contribution in [1.82, 2.24) is 9.38 Å². The molecule has 0 amide bonds. The highest BCUT2D eigenvalue weighted by molar-refractivity contribution is 7.15. The molecule has 0 saturated heterocycles. The second-order valence-electron chi connectivity index (χ2n) is 4.55. The Morgan fingerprint density at radius 3 is 3.21 bits per heavy atom. The van der Waals surface area contributed by atoms with E-state index in [9.17, 15) is 10.1 Å². The molecule has 0 aliphatic heterocycles. The largest absolute Gasteiger partial charge is 0.379 e. The van der Waals surface area contributed by atoms with Crippen molar-refractivity contribution < 1.29 is 9.66 Å². The van der Waals surface area contributed by atoms with E-state index in [1.807, 2.05) is 0 Å². The quantitative estimate of drug-likeness (QED) is 0.687. The number of nitrogens with one attached hydrogen (secondary N) is 1. The highest BCUT2D eigenvalue weighted by atomic mass is 32.1. The van der Waals surface area contributed by atoms with Gasteiger partial charge in [0.25, 0.3) is 4.96 Å². The van der Waals surface area contributed by atoms with Crippen molar-refractivity contribution in [2.24, 2.45) is 0 Å². The third-order valence-corrected chi connectivity index (χ3v) is 4.24. The summed E-state index contributed by atoms with van der Waals surface area (Å²) in [5, 5.41) is 16.2. The maximum atomic E-state index is 11.2. The molecule has 1 N–H and O–H groups in total. The minimum atomic E-state index is -0.397. The number of rotatable bonds is 4. The molecule has 0 radical (unpaired) electrons. The molecule has 2 aromatic heterocycles. The third-order valence-electron chi connectivity index (χ3n) is 3.49. The summed E-state index contributed by atoms with van der Waals surface area (Å²) < 4.78 is 6.89. The van der Waals surface area contributed by atoms with E-state index < -0.39 is 4.92 Å². The lowest BCUT2D eigenvalue weighted by Crippen LogP contribution is -2.30.